The summed E-state index contributed by atoms with van der Waals surface area (Å²) in [4.78, 5) is 30.4. The van der Waals surface area contributed by atoms with Crippen molar-refractivity contribution in [3.8, 4) is 0 Å². The van der Waals surface area contributed by atoms with Gasteiger partial charge in [-0.2, -0.15) is 0 Å². The Bertz CT molecular complexity index is 730. The van der Waals surface area contributed by atoms with E-state index in [2.05, 4.69) is 22.4 Å². The quantitative estimate of drug-likeness (QED) is 0.813. The minimum Gasteiger partial charge on any atom is -0.350 e. The van der Waals surface area contributed by atoms with E-state index in [9.17, 15) is 9.59 Å². The number of rotatable bonds is 7. The second-order valence-corrected chi connectivity index (χ2v) is 7.56. The van der Waals surface area contributed by atoms with Gasteiger partial charge >= 0.3 is 0 Å². The van der Waals surface area contributed by atoms with Gasteiger partial charge in [0.15, 0.2) is 0 Å². The molecule has 2 heterocycles. The molecule has 1 aromatic carbocycles. The zero-order valence-electron chi connectivity index (χ0n) is 14.9. The molecule has 1 aliphatic rings. The van der Waals surface area contributed by atoms with Crippen LogP contribution in [0.2, 0.25) is 0 Å². The standard InChI is InChI=1S/C20H25N3O2S/c24-18(10-12-23-11-6-2-5-9-20(23)25)21-14-17-15-26-19(22-17)13-16-7-3-1-4-8-16/h1,3-4,7-8,15H,2,5-6,9-14H2,(H,21,24). The lowest BCUT2D eigenvalue weighted by Crippen LogP contribution is -2.34. The number of carbonyl (C=O) groups excluding carboxylic acids is 2. The van der Waals surface area contributed by atoms with Crippen molar-refractivity contribution in [1.82, 2.24) is 15.2 Å². The molecule has 26 heavy (non-hydrogen) atoms. The molecule has 138 valence electrons. The molecule has 0 spiro atoms. The van der Waals surface area contributed by atoms with Crippen LogP contribution in [-0.2, 0) is 22.6 Å². The molecule has 0 aliphatic carbocycles. The van der Waals surface area contributed by atoms with Crippen molar-refractivity contribution in [3.05, 3.63) is 52.0 Å². The van der Waals surface area contributed by atoms with Gasteiger partial charge < -0.3 is 10.2 Å². The van der Waals surface area contributed by atoms with Gasteiger partial charge in [0.25, 0.3) is 0 Å². The van der Waals surface area contributed by atoms with Crippen molar-refractivity contribution < 1.29 is 9.59 Å². The van der Waals surface area contributed by atoms with Crippen LogP contribution in [0.1, 0.15) is 48.4 Å². The van der Waals surface area contributed by atoms with Gasteiger partial charge in [-0.15, -0.1) is 11.3 Å². The molecule has 0 bridgehead atoms. The van der Waals surface area contributed by atoms with Crippen LogP contribution in [0, 0.1) is 0 Å². The monoisotopic (exact) mass is 371 g/mol. The average molecular weight is 372 g/mol. The zero-order chi connectivity index (χ0) is 18.2. The van der Waals surface area contributed by atoms with Crippen molar-refractivity contribution in [1.29, 1.82) is 0 Å². The summed E-state index contributed by atoms with van der Waals surface area (Å²) in [6, 6.07) is 10.2. The molecule has 2 amide bonds. The molecule has 0 unspecified atom stereocenters. The Labute approximate surface area is 158 Å². The van der Waals surface area contributed by atoms with Gasteiger partial charge in [-0.1, -0.05) is 36.8 Å². The second kappa shape index (κ2) is 9.48. The highest BCUT2D eigenvalue weighted by atomic mass is 32.1. The number of nitrogens with one attached hydrogen (secondary N) is 1. The molecule has 1 N–H and O–H groups in total. The van der Waals surface area contributed by atoms with Gasteiger partial charge in [0.1, 0.15) is 0 Å². The molecule has 1 aliphatic heterocycles. The second-order valence-electron chi connectivity index (χ2n) is 6.61. The van der Waals surface area contributed by atoms with Gasteiger partial charge in [0, 0.05) is 37.7 Å². The number of thiazole rings is 1. The lowest BCUT2D eigenvalue weighted by atomic mass is 10.2. The fourth-order valence-corrected chi connectivity index (χ4v) is 3.90. The van der Waals surface area contributed by atoms with E-state index in [0.29, 0.717) is 25.9 Å². The predicted octanol–water partition coefficient (Wildman–Crippen LogP) is 3.14. The highest BCUT2D eigenvalue weighted by Crippen LogP contribution is 2.15. The Balaban J connectivity index is 1.41. The van der Waals surface area contributed by atoms with Crippen molar-refractivity contribution in [2.75, 3.05) is 13.1 Å². The maximum Gasteiger partial charge on any atom is 0.222 e. The smallest absolute Gasteiger partial charge is 0.222 e. The number of benzene rings is 1. The lowest BCUT2D eigenvalue weighted by molar-refractivity contribution is -0.131. The Morgan fingerprint density at radius 3 is 2.88 bits per heavy atom. The first-order chi connectivity index (χ1) is 12.7. The number of aromatic nitrogens is 1. The van der Waals surface area contributed by atoms with Crippen LogP contribution >= 0.6 is 11.3 Å². The Morgan fingerprint density at radius 1 is 1.19 bits per heavy atom. The van der Waals surface area contributed by atoms with E-state index >= 15 is 0 Å². The highest BCUT2D eigenvalue weighted by Gasteiger charge is 2.17. The Hall–Kier alpha value is -2.21. The molecular weight excluding hydrogens is 346 g/mol. The summed E-state index contributed by atoms with van der Waals surface area (Å²) >= 11 is 1.62. The van der Waals surface area contributed by atoms with Gasteiger partial charge in [0.05, 0.1) is 17.2 Å². The first kappa shape index (κ1) is 18.6. The van der Waals surface area contributed by atoms with E-state index < -0.39 is 0 Å². The molecule has 0 atom stereocenters. The summed E-state index contributed by atoms with van der Waals surface area (Å²) in [5, 5.41) is 5.96. The summed E-state index contributed by atoms with van der Waals surface area (Å²) in [5.74, 6) is 0.153. The molecule has 0 saturated carbocycles. The van der Waals surface area contributed by atoms with E-state index in [1.807, 2.05) is 28.5 Å². The first-order valence-corrected chi connectivity index (χ1v) is 10.1. The van der Waals surface area contributed by atoms with E-state index in [1.54, 1.807) is 11.3 Å². The maximum atomic E-state index is 12.1. The summed E-state index contributed by atoms with van der Waals surface area (Å²) in [5.41, 5.74) is 2.12. The molecule has 0 radical (unpaired) electrons. The van der Waals surface area contributed by atoms with Crippen LogP contribution < -0.4 is 5.32 Å². The number of hydrogen-bond acceptors (Lipinski definition) is 4. The molecule has 6 heteroatoms. The summed E-state index contributed by atoms with van der Waals surface area (Å²) in [6.45, 7) is 1.74. The van der Waals surface area contributed by atoms with Crippen LogP contribution in [-0.4, -0.2) is 34.8 Å². The summed E-state index contributed by atoms with van der Waals surface area (Å²) in [6.07, 6.45) is 4.89. The van der Waals surface area contributed by atoms with Crippen LogP contribution in [0.3, 0.4) is 0 Å². The third-order valence-electron chi connectivity index (χ3n) is 4.54. The van der Waals surface area contributed by atoms with E-state index in [1.165, 1.54) is 5.56 Å². The van der Waals surface area contributed by atoms with Gasteiger partial charge in [-0.3, -0.25) is 9.59 Å². The average Bonchev–Trinajstić information content (AvgIpc) is 2.99. The van der Waals surface area contributed by atoms with Crippen molar-refractivity contribution in [2.24, 2.45) is 0 Å². The van der Waals surface area contributed by atoms with E-state index in [4.69, 9.17) is 0 Å². The molecule has 5 nitrogen and oxygen atoms in total. The van der Waals surface area contributed by atoms with E-state index in [0.717, 1.165) is 42.9 Å². The van der Waals surface area contributed by atoms with Gasteiger partial charge in [0.2, 0.25) is 11.8 Å². The highest BCUT2D eigenvalue weighted by molar-refractivity contribution is 7.09. The zero-order valence-corrected chi connectivity index (χ0v) is 15.8. The Kier molecular flexibility index (Phi) is 6.77. The first-order valence-electron chi connectivity index (χ1n) is 9.22. The third kappa shape index (κ3) is 5.66. The molecule has 3 rings (SSSR count). The van der Waals surface area contributed by atoms with Crippen molar-refractivity contribution in [2.45, 2.75) is 45.1 Å². The normalized spacial score (nSPS) is 14.9. The number of amides is 2. The minimum atomic E-state index is -0.0281. The fraction of sp³-hybridized carbons (Fsp3) is 0.450. The Morgan fingerprint density at radius 2 is 2.04 bits per heavy atom. The van der Waals surface area contributed by atoms with Crippen molar-refractivity contribution in [3.63, 3.8) is 0 Å². The molecule has 1 aromatic heterocycles. The summed E-state index contributed by atoms with van der Waals surface area (Å²) in [7, 11) is 0. The number of likely N-dealkylation sites (tertiary alicyclic amines) is 1. The fourth-order valence-electron chi connectivity index (χ4n) is 3.07. The van der Waals surface area contributed by atoms with Crippen LogP contribution in [0.4, 0.5) is 0 Å². The van der Waals surface area contributed by atoms with Gasteiger partial charge in [-0.05, 0) is 18.4 Å². The molecule has 2 aromatic rings. The van der Waals surface area contributed by atoms with Crippen LogP contribution in [0.25, 0.3) is 0 Å². The molecule has 1 saturated heterocycles. The molecular formula is C20H25N3O2S. The largest absolute Gasteiger partial charge is 0.350 e. The van der Waals surface area contributed by atoms with Crippen LogP contribution in [0.5, 0.6) is 0 Å². The third-order valence-corrected chi connectivity index (χ3v) is 5.44. The van der Waals surface area contributed by atoms with Crippen LogP contribution in [0.15, 0.2) is 35.7 Å². The molecule has 1 fully saturated rings. The topological polar surface area (TPSA) is 62.3 Å². The van der Waals surface area contributed by atoms with E-state index in [-0.39, 0.29) is 11.8 Å². The maximum absolute atomic E-state index is 12.1. The SMILES string of the molecule is O=C(CCN1CCCCCC1=O)NCc1csc(Cc2ccccc2)n1. The number of nitrogens with zero attached hydrogens (tertiary/aromatic N) is 2. The minimum absolute atomic E-state index is 0.0281. The lowest BCUT2D eigenvalue weighted by Gasteiger charge is -2.19. The number of hydrogen-bond donors (Lipinski definition) is 1. The van der Waals surface area contributed by atoms with Gasteiger partial charge in [-0.25, -0.2) is 4.98 Å². The summed E-state index contributed by atoms with van der Waals surface area (Å²) < 4.78 is 0. The van der Waals surface area contributed by atoms with Crippen molar-refractivity contribution >= 4 is 23.2 Å². The predicted molar refractivity (Wildman–Crippen MR) is 103 cm³/mol. The number of carbonyl (C=O) groups is 2.